The van der Waals surface area contributed by atoms with Crippen LogP contribution in [0.4, 0.5) is 4.39 Å². The molecule has 4 nitrogen and oxygen atoms in total. The monoisotopic (exact) mass is 333 g/mol. The highest BCUT2D eigenvalue weighted by molar-refractivity contribution is 7.09. The molecule has 1 aromatic heterocycles. The normalized spacial score (nSPS) is 15.5. The molecular weight excluding hydrogens is 313 g/mol. The first kappa shape index (κ1) is 16.1. The number of nitrogens with one attached hydrogen (secondary N) is 2. The molecule has 1 amide bonds. The van der Waals surface area contributed by atoms with Crippen LogP contribution in [0.1, 0.15) is 39.8 Å². The van der Waals surface area contributed by atoms with Crippen molar-refractivity contribution in [2.24, 2.45) is 0 Å². The predicted molar refractivity (Wildman–Crippen MR) is 89.4 cm³/mol. The molecule has 3 rings (SSSR count). The lowest BCUT2D eigenvalue weighted by Crippen LogP contribution is -2.27. The van der Waals surface area contributed by atoms with Crippen molar-refractivity contribution in [1.29, 1.82) is 0 Å². The second kappa shape index (κ2) is 7.66. The van der Waals surface area contributed by atoms with Crippen molar-refractivity contribution in [2.75, 3.05) is 19.6 Å². The van der Waals surface area contributed by atoms with Gasteiger partial charge in [0.1, 0.15) is 11.5 Å². The maximum atomic E-state index is 13.1. The Balaban J connectivity index is 1.51. The molecule has 1 aliphatic heterocycles. The van der Waals surface area contributed by atoms with E-state index in [1.165, 1.54) is 12.1 Å². The lowest BCUT2D eigenvalue weighted by molar-refractivity contribution is 0.0949. The number of benzene rings is 1. The lowest BCUT2D eigenvalue weighted by atomic mass is 9.99. The van der Waals surface area contributed by atoms with E-state index in [-0.39, 0.29) is 11.7 Å². The molecule has 2 aromatic rings. The quantitative estimate of drug-likeness (QED) is 0.885. The molecule has 2 N–H and O–H groups in total. The molecule has 0 atom stereocenters. The first-order valence-corrected chi connectivity index (χ1v) is 8.79. The van der Waals surface area contributed by atoms with Gasteiger partial charge in [-0.2, -0.15) is 0 Å². The number of nitrogens with zero attached hydrogens (tertiary/aromatic N) is 1. The fraction of sp³-hybridized carbons (Fsp3) is 0.412. The van der Waals surface area contributed by atoms with Crippen molar-refractivity contribution in [2.45, 2.75) is 25.2 Å². The third-order valence-electron chi connectivity index (χ3n) is 4.03. The molecule has 0 aliphatic carbocycles. The third-order valence-corrected chi connectivity index (χ3v) is 5.04. The van der Waals surface area contributed by atoms with Gasteiger partial charge in [0.25, 0.3) is 5.91 Å². The summed E-state index contributed by atoms with van der Waals surface area (Å²) in [6.07, 6.45) is 2.76. The van der Waals surface area contributed by atoms with E-state index in [2.05, 4.69) is 15.6 Å². The van der Waals surface area contributed by atoms with Crippen LogP contribution >= 0.6 is 11.3 Å². The van der Waals surface area contributed by atoms with E-state index in [0.717, 1.165) is 36.5 Å². The molecule has 1 aliphatic rings. The Morgan fingerprint density at radius 1 is 1.39 bits per heavy atom. The molecule has 0 spiro atoms. The van der Waals surface area contributed by atoms with Crippen LogP contribution in [0.2, 0.25) is 0 Å². The maximum Gasteiger partial charge on any atom is 0.270 e. The molecule has 0 radical (unpaired) electrons. The minimum absolute atomic E-state index is 0.155. The number of halogens is 1. The number of carbonyl (C=O) groups is 1. The molecule has 1 fully saturated rings. The largest absolute Gasteiger partial charge is 0.350 e. The van der Waals surface area contributed by atoms with Gasteiger partial charge in [-0.05, 0) is 50.0 Å². The summed E-state index contributed by atoms with van der Waals surface area (Å²) in [6.45, 7) is 2.50. The van der Waals surface area contributed by atoms with Crippen molar-refractivity contribution < 1.29 is 9.18 Å². The summed E-state index contributed by atoms with van der Waals surface area (Å²) in [7, 11) is 0. The first-order valence-electron chi connectivity index (χ1n) is 7.91. The Bertz CT molecular complexity index is 667. The lowest BCUT2D eigenvalue weighted by Gasteiger charge is -2.20. The van der Waals surface area contributed by atoms with Gasteiger partial charge in [0, 0.05) is 17.8 Å². The number of amides is 1. The van der Waals surface area contributed by atoms with Crippen molar-refractivity contribution in [3.63, 3.8) is 0 Å². The Kier molecular flexibility index (Phi) is 5.35. The van der Waals surface area contributed by atoms with Crippen molar-refractivity contribution >= 4 is 17.2 Å². The second-order valence-electron chi connectivity index (χ2n) is 5.73. The van der Waals surface area contributed by atoms with Gasteiger partial charge in [-0.25, -0.2) is 9.37 Å². The highest BCUT2D eigenvalue weighted by Gasteiger charge is 2.20. The number of piperidine rings is 1. The maximum absolute atomic E-state index is 13.1. The third kappa shape index (κ3) is 4.36. The fourth-order valence-corrected chi connectivity index (χ4v) is 3.72. The van der Waals surface area contributed by atoms with Crippen LogP contribution in [0.3, 0.4) is 0 Å². The Hall–Kier alpha value is -1.79. The van der Waals surface area contributed by atoms with Crippen LogP contribution in [0.5, 0.6) is 0 Å². The molecule has 0 saturated carbocycles. The van der Waals surface area contributed by atoms with Crippen LogP contribution in [-0.4, -0.2) is 30.5 Å². The highest BCUT2D eigenvalue weighted by Crippen LogP contribution is 2.27. The zero-order valence-electron chi connectivity index (χ0n) is 12.8. The van der Waals surface area contributed by atoms with Gasteiger partial charge in [-0.15, -0.1) is 11.3 Å². The fourth-order valence-electron chi connectivity index (χ4n) is 2.75. The van der Waals surface area contributed by atoms with Crippen molar-refractivity contribution in [3.05, 3.63) is 51.7 Å². The first-order chi connectivity index (χ1) is 11.2. The minimum atomic E-state index is -0.250. The summed E-state index contributed by atoms with van der Waals surface area (Å²) < 4.78 is 13.1. The molecule has 0 unspecified atom stereocenters. The van der Waals surface area contributed by atoms with E-state index >= 15 is 0 Å². The van der Waals surface area contributed by atoms with E-state index in [4.69, 9.17) is 0 Å². The van der Waals surface area contributed by atoms with Crippen LogP contribution in [-0.2, 0) is 6.42 Å². The molecule has 6 heteroatoms. The number of aromatic nitrogens is 1. The van der Waals surface area contributed by atoms with Crippen LogP contribution in [0.15, 0.2) is 29.6 Å². The summed E-state index contributed by atoms with van der Waals surface area (Å²) in [6, 6.07) is 6.44. The highest BCUT2D eigenvalue weighted by atomic mass is 32.1. The molecule has 2 heterocycles. The molecule has 1 saturated heterocycles. The average Bonchev–Trinajstić information content (AvgIpc) is 3.06. The zero-order valence-corrected chi connectivity index (χ0v) is 13.7. The number of thiazole rings is 1. The number of rotatable bonds is 5. The average molecular weight is 333 g/mol. The second-order valence-corrected chi connectivity index (χ2v) is 6.62. The molecular formula is C17H20FN3OS. The zero-order chi connectivity index (χ0) is 16.1. The van der Waals surface area contributed by atoms with Crippen LogP contribution in [0.25, 0.3) is 0 Å². The van der Waals surface area contributed by atoms with Gasteiger partial charge in [-0.1, -0.05) is 12.1 Å². The van der Waals surface area contributed by atoms with Gasteiger partial charge < -0.3 is 10.6 Å². The van der Waals surface area contributed by atoms with Gasteiger partial charge in [0.2, 0.25) is 0 Å². The van der Waals surface area contributed by atoms with Crippen LogP contribution in [0, 0.1) is 5.82 Å². The Morgan fingerprint density at radius 2 is 2.22 bits per heavy atom. The van der Waals surface area contributed by atoms with E-state index in [9.17, 15) is 9.18 Å². The smallest absolute Gasteiger partial charge is 0.270 e. The van der Waals surface area contributed by atoms with E-state index in [1.807, 2.05) is 11.4 Å². The van der Waals surface area contributed by atoms with E-state index in [0.29, 0.717) is 24.6 Å². The standard InChI is InChI=1S/C17H20FN3OS/c18-14-3-1-2-12(10-14)4-9-20-16(22)15-11-23-17(21-15)13-5-7-19-8-6-13/h1-3,10-11,13,19H,4-9H2,(H,20,22). The molecule has 23 heavy (non-hydrogen) atoms. The summed E-state index contributed by atoms with van der Waals surface area (Å²) in [5.41, 5.74) is 1.36. The summed E-state index contributed by atoms with van der Waals surface area (Å²) in [5, 5.41) is 9.07. The van der Waals surface area contributed by atoms with Gasteiger partial charge in [0.05, 0.1) is 5.01 Å². The van der Waals surface area contributed by atoms with Crippen molar-refractivity contribution in [3.8, 4) is 0 Å². The summed E-state index contributed by atoms with van der Waals surface area (Å²) >= 11 is 1.57. The summed E-state index contributed by atoms with van der Waals surface area (Å²) in [5.74, 6) is 0.0628. The molecule has 122 valence electrons. The number of carbonyl (C=O) groups excluding carboxylic acids is 1. The number of hydrogen-bond donors (Lipinski definition) is 2. The van der Waals surface area contributed by atoms with Crippen LogP contribution < -0.4 is 10.6 Å². The van der Waals surface area contributed by atoms with Gasteiger partial charge in [0.15, 0.2) is 0 Å². The number of hydrogen-bond acceptors (Lipinski definition) is 4. The van der Waals surface area contributed by atoms with Gasteiger partial charge in [-0.3, -0.25) is 4.79 Å². The Morgan fingerprint density at radius 3 is 3.00 bits per heavy atom. The topological polar surface area (TPSA) is 54.0 Å². The molecule has 1 aromatic carbocycles. The Labute approximate surface area is 139 Å². The summed E-state index contributed by atoms with van der Waals surface area (Å²) in [4.78, 5) is 16.6. The van der Waals surface area contributed by atoms with E-state index < -0.39 is 0 Å². The van der Waals surface area contributed by atoms with Crippen molar-refractivity contribution in [1.82, 2.24) is 15.6 Å². The van der Waals surface area contributed by atoms with Gasteiger partial charge >= 0.3 is 0 Å². The minimum Gasteiger partial charge on any atom is -0.350 e. The predicted octanol–water partition coefficient (Wildman–Crippen LogP) is 2.72. The van der Waals surface area contributed by atoms with E-state index in [1.54, 1.807) is 17.4 Å². The SMILES string of the molecule is O=C(NCCc1cccc(F)c1)c1csc(C2CCNCC2)n1. The molecule has 0 bridgehead atoms.